The first kappa shape index (κ1) is 26.7. The van der Waals surface area contributed by atoms with Crippen LogP contribution in [-0.4, -0.2) is 55.6 Å². The Balaban J connectivity index is 1.35. The van der Waals surface area contributed by atoms with Crippen molar-refractivity contribution < 1.29 is 9.53 Å². The van der Waals surface area contributed by atoms with E-state index in [-0.39, 0.29) is 33.5 Å². The van der Waals surface area contributed by atoms with Crippen LogP contribution in [-0.2, 0) is 17.3 Å². The van der Waals surface area contributed by atoms with Crippen molar-refractivity contribution in [1.29, 1.82) is 5.26 Å². The number of fused-ring (bicyclic) bond motifs is 1. The minimum Gasteiger partial charge on any atom is -0.372 e. The number of nitrogens with one attached hydrogen (secondary N) is 2. The molecule has 0 aliphatic carbocycles. The molecule has 0 unspecified atom stereocenters. The van der Waals surface area contributed by atoms with Crippen molar-refractivity contribution in [3.63, 3.8) is 0 Å². The van der Waals surface area contributed by atoms with Crippen LogP contribution in [0.15, 0.2) is 53.6 Å². The molecule has 5 heterocycles. The van der Waals surface area contributed by atoms with Crippen LogP contribution in [0.5, 0.6) is 0 Å². The summed E-state index contributed by atoms with van der Waals surface area (Å²) in [5.74, 6) is 0.299. The van der Waals surface area contributed by atoms with Crippen LogP contribution in [0.1, 0.15) is 42.1 Å². The number of benzene rings is 1. The molecule has 11 nitrogen and oxygen atoms in total. The number of rotatable bonds is 6. The Bertz CT molecular complexity index is 1790. The molecule has 2 N–H and O–H groups in total. The predicted molar refractivity (Wildman–Crippen MR) is 154 cm³/mol. The summed E-state index contributed by atoms with van der Waals surface area (Å²) in [6, 6.07) is 12.4. The number of anilines is 3. The van der Waals surface area contributed by atoms with Crippen LogP contribution < -0.4 is 16.2 Å². The molecule has 3 aromatic heterocycles. The van der Waals surface area contributed by atoms with Crippen molar-refractivity contribution in [2.45, 2.75) is 31.4 Å². The van der Waals surface area contributed by atoms with E-state index in [1.54, 1.807) is 47.1 Å². The lowest BCUT2D eigenvalue weighted by molar-refractivity contribution is -0.209. The highest BCUT2D eigenvalue weighted by Crippen LogP contribution is 2.37. The predicted octanol–water partition coefficient (Wildman–Crippen LogP) is 3.95. The number of likely N-dealkylation sites (tertiary alicyclic amines) is 1. The van der Waals surface area contributed by atoms with Gasteiger partial charge in [0.15, 0.2) is 5.82 Å². The number of aromatic nitrogens is 4. The molecule has 0 radical (unpaired) electrons. The van der Waals surface area contributed by atoms with Gasteiger partial charge in [0.25, 0.3) is 11.5 Å². The summed E-state index contributed by atoms with van der Waals surface area (Å²) in [4.78, 5) is 40.6. The second kappa shape index (κ2) is 9.83. The Morgan fingerprint density at radius 2 is 1.90 bits per heavy atom. The van der Waals surface area contributed by atoms with Crippen LogP contribution >= 0.6 is 11.6 Å². The zero-order valence-corrected chi connectivity index (χ0v) is 23.5. The highest BCUT2D eigenvalue weighted by Gasteiger charge is 2.51. The highest BCUT2D eigenvalue weighted by molar-refractivity contribution is 6.31. The van der Waals surface area contributed by atoms with Crippen molar-refractivity contribution in [1.82, 2.24) is 24.4 Å². The molecule has 6 rings (SSSR count). The van der Waals surface area contributed by atoms with E-state index in [0.29, 0.717) is 48.1 Å². The largest absolute Gasteiger partial charge is 0.372 e. The Morgan fingerprint density at radius 1 is 1.17 bits per heavy atom. The molecule has 2 fully saturated rings. The molecular formula is C29H27ClN8O3. The number of aryl methyl sites for hydroxylation is 1. The number of carbonyl (C=O) groups excluding carboxylic acids is 1. The van der Waals surface area contributed by atoms with Crippen LogP contribution in [0.3, 0.4) is 0 Å². The van der Waals surface area contributed by atoms with Crippen molar-refractivity contribution in [2.24, 2.45) is 7.05 Å². The average molecular weight is 571 g/mol. The summed E-state index contributed by atoms with van der Waals surface area (Å²) in [6.45, 7) is 5.60. The molecular weight excluding hydrogens is 544 g/mol. The molecule has 208 valence electrons. The number of pyridine rings is 2. The van der Waals surface area contributed by atoms with Gasteiger partial charge in [-0.2, -0.15) is 5.26 Å². The minimum absolute atomic E-state index is 0.0638. The molecule has 2 saturated heterocycles. The van der Waals surface area contributed by atoms with E-state index >= 15 is 0 Å². The normalized spacial score (nSPS) is 15.6. The molecule has 2 aliphatic rings. The first-order valence-electron chi connectivity index (χ1n) is 13.1. The summed E-state index contributed by atoms with van der Waals surface area (Å²) in [6.07, 6.45) is 4.27. The van der Waals surface area contributed by atoms with Crippen LogP contribution in [0, 0.1) is 11.3 Å². The SMILES string of the molecule is Cn1c(=O)cc(NC(C)(C)c2ncccn2)c2cc(Nc3cc(C(=O)N4CC5(CCO5)C4)nc(Cl)c3C#N)ccc21. The van der Waals surface area contributed by atoms with Gasteiger partial charge in [0.1, 0.15) is 28.1 Å². The third-order valence-electron chi connectivity index (χ3n) is 7.61. The van der Waals surface area contributed by atoms with Crippen molar-refractivity contribution >= 4 is 45.5 Å². The molecule has 0 atom stereocenters. The van der Waals surface area contributed by atoms with Gasteiger partial charge < -0.3 is 24.8 Å². The van der Waals surface area contributed by atoms with Gasteiger partial charge in [0, 0.05) is 48.7 Å². The van der Waals surface area contributed by atoms with E-state index in [4.69, 9.17) is 16.3 Å². The molecule has 41 heavy (non-hydrogen) atoms. The minimum atomic E-state index is -0.689. The molecule has 4 aromatic rings. The molecule has 1 spiro atoms. The zero-order valence-electron chi connectivity index (χ0n) is 22.7. The smallest absolute Gasteiger partial charge is 0.272 e. The standard InChI is InChI=1S/C29H27ClN8O3/c1-28(2,27-32-8-4-9-33-27)36-21-13-24(39)37(3)23-6-5-17(11-18(21)23)34-20-12-22(35-25(30)19(20)14-31)26(40)38-15-29(16-38)7-10-41-29/h4-6,8-9,11-13,36H,7,10,15-16H2,1-3H3,(H,34,35). The van der Waals surface area contributed by atoms with Crippen molar-refractivity contribution in [3.8, 4) is 6.07 Å². The van der Waals surface area contributed by atoms with Gasteiger partial charge in [-0.15, -0.1) is 0 Å². The van der Waals surface area contributed by atoms with E-state index in [2.05, 4.69) is 31.7 Å². The monoisotopic (exact) mass is 570 g/mol. The Morgan fingerprint density at radius 3 is 2.56 bits per heavy atom. The molecule has 2 aliphatic heterocycles. The molecule has 1 amide bonds. The molecule has 0 saturated carbocycles. The Hall–Kier alpha value is -4.53. The first-order chi connectivity index (χ1) is 19.6. The lowest BCUT2D eigenvalue weighted by atomic mass is 9.86. The maximum absolute atomic E-state index is 13.1. The summed E-state index contributed by atoms with van der Waals surface area (Å²) < 4.78 is 7.18. The third-order valence-corrected chi connectivity index (χ3v) is 7.89. The number of carbonyl (C=O) groups is 1. The Kier molecular flexibility index (Phi) is 6.40. The van der Waals surface area contributed by atoms with E-state index in [1.165, 1.54) is 6.07 Å². The van der Waals surface area contributed by atoms with E-state index in [0.717, 1.165) is 11.8 Å². The number of hydrogen-bond acceptors (Lipinski definition) is 9. The second-order valence-corrected chi connectivity index (χ2v) is 11.3. The molecule has 1 aromatic carbocycles. The summed E-state index contributed by atoms with van der Waals surface area (Å²) >= 11 is 6.37. The fourth-order valence-corrected chi connectivity index (χ4v) is 5.47. The van der Waals surface area contributed by atoms with Gasteiger partial charge in [-0.05, 0) is 44.2 Å². The summed E-state index contributed by atoms with van der Waals surface area (Å²) in [5, 5.41) is 17.2. The summed E-state index contributed by atoms with van der Waals surface area (Å²) in [5.41, 5.74) is 1.44. The van der Waals surface area contributed by atoms with Crippen LogP contribution in [0.2, 0.25) is 5.15 Å². The van der Waals surface area contributed by atoms with Crippen LogP contribution in [0.25, 0.3) is 10.9 Å². The fourth-order valence-electron chi connectivity index (χ4n) is 5.24. The van der Waals surface area contributed by atoms with Crippen LogP contribution in [0.4, 0.5) is 17.1 Å². The number of hydrogen-bond donors (Lipinski definition) is 2. The molecule has 0 bridgehead atoms. The van der Waals surface area contributed by atoms with Gasteiger partial charge in [0.2, 0.25) is 0 Å². The number of nitrogens with zero attached hydrogens (tertiary/aromatic N) is 6. The van der Waals surface area contributed by atoms with Gasteiger partial charge in [0.05, 0.1) is 36.4 Å². The number of ether oxygens (including phenoxy) is 1. The number of amides is 1. The maximum atomic E-state index is 13.1. The lowest BCUT2D eigenvalue weighted by Gasteiger charge is -2.54. The quantitative estimate of drug-likeness (QED) is 0.330. The summed E-state index contributed by atoms with van der Waals surface area (Å²) in [7, 11) is 1.70. The highest BCUT2D eigenvalue weighted by atomic mass is 35.5. The zero-order chi connectivity index (χ0) is 28.9. The van der Waals surface area contributed by atoms with Crippen molar-refractivity contribution in [3.05, 3.63) is 81.4 Å². The number of nitriles is 1. The first-order valence-corrected chi connectivity index (χ1v) is 13.5. The molecule has 12 heteroatoms. The topological polar surface area (TPSA) is 138 Å². The fraction of sp³-hybridized carbons (Fsp3) is 0.310. The van der Waals surface area contributed by atoms with E-state index in [9.17, 15) is 14.9 Å². The average Bonchev–Trinajstić information content (AvgIpc) is 2.90. The van der Waals surface area contributed by atoms with Crippen molar-refractivity contribution in [2.75, 3.05) is 30.3 Å². The van der Waals surface area contributed by atoms with E-state index < -0.39 is 5.54 Å². The number of halogens is 1. The second-order valence-electron chi connectivity index (χ2n) is 10.9. The lowest BCUT2D eigenvalue weighted by Crippen LogP contribution is -2.69. The van der Waals surface area contributed by atoms with Gasteiger partial charge in [-0.1, -0.05) is 11.6 Å². The van der Waals surface area contributed by atoms with E-state index in [1.807, 2.05) is 26.0 Å². The van der Waals surface area contributed by atoms with Gasteiger partial charge in [-0.3, -0.25) is 9.59 Å². The third kappa shape index (κ3) is 4.75. The van der Waals surface area contributed by atoms with Gasteiger partial charge >= 0.3 is 0 Å². The maximum Gasteiger partial charge on any atom is 0.272 e. The Labute approximate surface area is 240 Å². The van der Waals surface area contributed by atoms with Gasteiger partial charge in [-0.25, -0.2) is 15.0 Å².